The highest BCUT2D eigenvalue weighted by Crippen LogP contribution is 2.34. The molecule has 4 rings (SSSR count). The summed E-state index contributed by atoms with van der Waals surface area (Å²) in [4.78, 5) is 19.6. The SMILES string of the molecule is Cc1cccc(OCCn2c([C@@H]3CC(=O)N(C(C)(C)C)C3)nc3ccccc32)c1C. The standard InChI is InChI=1S/C25H31N3O2/c1-17-9-8-12-22(18(17)2)30-14-13-27-21-11-7-6-10-20(21)26-24(27)19-15-23(29)28(16-19)25(3,4)5/h6-12,19H,13-16H2,1-5H3/t19-/m1/s1. The number of hydrogen-bond donors (Lipinski definition) is 0. The molecule has 3 aromatic rings. The molecular weight excluding hydrogens is 374 g/mol. The molecule has 0 spiro atoms. The van der Waals surface area contributed by atoms with Gasteiger partial charge in [-0.3, -0.25) is 4.79 Å². The van der Waals surface area contributed by atoms with E-state index >= 15 is 0 Å². The summed E-state index contributed by atoms with van der Waals surface area (Å²) in [5, 5.41) is 0. The predicted octanol–water partition coefficient (Wildman–Crippen LogP) is 4.85. The van der Waals surface area contributed by atoms with E-state index in [9.17, 15) is 4.79 Å². The zero-order valence-corrected chi connectivity index (χ0v) is 18.6. The van der Waals surface area contributed by atoms with E-state index < -0.39 is 0 Å². The van der Waals surface area contributed by atoms with Crippen molar-refractivity contribution in [2.45, 2.75) is 59.0 Å². The van der Waals surface area contributed by atoms with Crippen LogP contribution in [0.15, 0.2) is 42.5 Å². The second-order valence-corrected chi connectivity index (χ2v) is 9.23. The maximum absolute atomic E-state index is 12.7. The van der Waals surface area contributed by atoms with Crippen LogP contribution < -0.4 is 4.74 Å². The van der Waals surface area contributed by atoms with Crippen molar-refractivity contribution in [2.24, 2.45) is 0 Å². The van der Waals surface area contributed by atoms with E-state index in [-0.39, 0.29) is 17.4 Å². The van der Waals surface area contributed by atoms with E-state index in [1.165, 1.54) is 11.1 Å². The smallest absolute Gasteiger partial charge is 0.223 e. The van der Waals surface area contributed by atoms with Crippen LogP contribution in [0.5, 0.6) is 5.75 Å². The molecule has 1 aromatic heterocycles. The van der Waals surface area contributed by atoms with Gasteiger partial charge in [-0.2, -0.15) is 0 Å². The molecule has 0 saturated carbocycles. The Morgan fingerprint density at radius 2 is 1.87 bits per heavy atom. The van der Waals surface area contributed by atoms with E-state index in [0.29, 0.717) is 26.1 Å². The first-order valence-electron chi connectivity index (χ1n) is 10.7. The number of imidazole rings is 1. The summed E-state index contributed by atoms with van der Waals surface area (Å²) in [6, 6.07) is 14.3. The average Bonchev–Trinajstić information content (AvgIpc) is 3.26. The molecule has 2 aromatic carbocycles. The Bertz CT molecular complexity index is 1080. The van der Waals surface area contributed by atoms with Gasteiger partial charge in [0, 0.05) is 24.4 Å². The second kappa shape index (κ2) is 7.78. The van der Waals surface area contributed by atoms with Crippen molar-refractivity contribution in [3.8, 4) is 5.75 Å². The van der Waals surface area contributed by atoms with Crippen LogP contribution in [0, 0.1) is 13.8 Å². The third kappa shape index (κ3) is 3.81. The van der Waals surface area contributed by atoms with Gasteiger partial charge in [-0.05, 0) is 63.9 Å². The zero-order chi connectivity index (χ0) is 21.5. The predicted molar refractivity (Wildman–Crippen MR) is 120 cm³/mol. The van der Waals surface area contributed by atoms with Crippen LogP contribution in [0.2, 0.25) is 0 Å². The van der Waals surface area contributed by atoms with Crippen molar-refractivity contribution in [1.29, 1.82) is 0 Å². The normalized spacial score (nSPS) is 17.2. The molecule has 1 fully saturated rings. The number of amides is 1. The Balaban J connectivity index is 1.60. The second-order valence-electron chi connectivity index (χ2n) is 9.23. The largest absolute Gasteiger partial charge is 0.491 e. The minimum absolute atomic E-state index is 0.102. The maximum atomic E-state index is 12.7. The number of rotatable bonds is 5. The molecule has 0 aliphatic carbocycles. The van der Waals surface area contributed by atoms with Gasteiger partial charge in [-0.25, -0.2) is 4.98 Å². The topological polar surface area (TPSA) is 47.4 Å². The Labute approximate surface area is 178 Å². The van der Waals surface area contributed by atoms with Crippen LogP contribution in [0.3, 0.4) is 0 Å². The molecule has 2 heterocycles. The number of fused-ring (bicyclic) bond motifs is 1. The lowest BCUT2D eigenvalue weighted by Crippen LogP contribution is -2.42. The number of para-hydroxylation sites is 2. The molecule has 1 aliphatic heterocycles. The van der Waals surface area contributed by atoms with E-state index in [0.717, 1.165) is 22.6 Å². The quantitative estimate of drug-likeness (QED) is 0.610. The highest BCUT2D eigenvalue weighted by atomic mass is 16.5. The molecule has 0 radical (unpaired) electrons. The molecule has 0 unspecified atom stereocenters. The minimum atomic E-state index is -0.172. The van der Waals surface area contributed by atoms with Gasteiger partial charge < -0.3 is 14.2 Å². The van der Waals surface area contributed by atoms with Crippen LogP contribution >= 0.6 is 0 Å². The third-order valence-corrected chi connectivity index (χ3v) is 6.11. The fourth-order valence-corrected chi connectivity index (χ4v) is 4.30. The average molecular weight is 406 g/mol. The highest BCUT2D eigenvalue weighted by molar-refractivity contribution is 5.81. The summed E-state index contributed by atoms with van der Waals surface area (Å²) in [6.07, 6.45) is 0.512. The molecule has 158 valence electrons. The van der Waals surface area contributed by atoms with Gasteiger partial charge in [-0.15, -0.1) is 0 Å². The van der Waals surface area contributed by atoms with Gasteiger partial charge in [0.1, 0.15) is 18.2 Å². The van der Waals surface area contributed by atoms with E-state index in [1.54, 1.807) is 0 Å². The molecule has 0 bridgehead atoms. The van der Waals surface area contributed by atoms with Gasteiger partial charge in [0.15, 0.2) is 0 Å². The van der Waals surface area contributed by atoms with Gasteiger partial charge in [0.2, 0.25) is 5.91 Å². The number of benzene rings is 2. The summed E-state index contributed by atoms with van der Waals surface area (Å²) < 4.78 is 8.37. The number of carbonyl (C=O) groups is 1. The molecule has 1 saturated heterocycles. The Kier molecular flexibility index (Phi) is 5.31. The van der Waals surface area contributed by atoms with Crippen molar-refractivity contribution >= 4 is 16.9 Å². The van der Waals surface area contributed by atoms with Crippen LogP contribution in [-0.2, 0) is 11.3 Å². The lowest BCUT2D eigenvalue weighted by Gasteiger charge is -2.32. The van der Waals surface area contributed by atoms with Crippen molar-refractivity contribution in [1.82, 2.24) is 14.5 Å². The molecule has 30 heavy (non-hydrogen) atoms. The number of nitrogens with zero attached hydrogens (tertiary/aromatic N) is 3. The summed E-state index contributed by atoms with van der Waals surface area (Å²) in [5.41, 5.74) is 4.30. The van der Waals surface area contributed by atoms with Crippen molar-refractivity contribution in [3.05, 3.63) is 59.4 Å². The number of likely N-dealkylation sites (tertiary alicyclic amines) is 1. The van der Waals surface area contributed by atoms with Crippen LogP contribution in [0.1, 0.15) is 50.1 Å². The van der Waals surface area contributed by atoms with Crippen LogP contribution in [-0.4, -0.2) is 39.0 Å². The molecule has 5 nitrogen and oxygen atoms in total. The first-order valence-corrected chi connectivity index (χ1v) is 10.7. The van der Waals surface area contributed by atoms with Crippen LogP contribution in [0.25, 0.3) is 11.0 Å². The van der Waals surface area contributed by atoms with Gasteiger partial charge in [-0.1, -0.05) is 24.3 Å². The van der Waals surface area contributed by atoms with E-state index in [1.807, 2.05) is 35.2 Å². The van der Waals surface area contributed by atoms with Gasteiger partial charge >= 0.3 is 0 Å². The van der Waals surface area contributed by atoms with Gasteiger partial charge in [0.25, 0.3) is 0 Å². The fraction of sp³-hybridized carbons (Fsp3) is 0.440. The summed E-state index contributed by atoms with van der Waals surface area (Å²) >= 11 is 0. The Morgan fingerprint density at radius 1 is 1.10 bits per heavy atom. The number of ether oxygens (including phenoxy) is 1. The molecular formula is C25H31N3O2. The lowest BCUT2D eigenvalue weighted by atomic mass is 10.1. The monoisotopic (exact) mass is 405 g/mol. The molecule has 1 aliphatic rings. The van der Waals surface area contributed by atoms with Crippen molar-refractivity contribution in [3.63, 3.8) is 0 Å². The number of carbonyl (C=O) groups excluding carboxylic acids is 1. The molecule has 5 heteroatoms. The van der Waals surface area contributed by atoms with E-state index in [2.05, 4.69) is 51.3 Å². The number of aromatic nitrogens is 2. The molecule has 1 amide bonds. The third-order valence-electron chi connectivity index (χ3n) is 6.11. The van der Waals surface area contributed by atoms with Gasteiger partial charge in [0.05, 0.1) is 17.6 Å². The van der Waals surface area contributed by atoms with Crippen molar-refractivity contribution in [2.75, 3.05) is 13.2 Å². The fourth-order valence-electron chi connectivity index (χ4n) is 4.30. The first-order chi connectivity index (χ1) is 14.3. The highest BCUT2D eigenvalue weighted by Gasteiger charge is 2.38. The molecule has 0 N–H and O–H groups in total. The number of aryl methyl sites for hydroxylation is 1. The van der Waals surface area contributed by atoms with Crippen LogP contribution in [0.4, 0.5) is 0 Å². The Morgan fingerprint density at radius 3 is 2.60 bits per heavy atom. The van der Waals surface area contributed by atoms with E-state index in [4.69, 9.17) is 9.72 Å². The first kappa shape index (κ1) is 20.5. The Hall–Kier alpha value is -2.82. The zero-order valence-electron chi connectivity index (χ0n) is 18.6. The summed E-state index contributed by atoms with van der Waals surface area (Å²) in [5.74, 6) is 2.22. The minimum Gasteiger partial charge on any atom is -0.491 e. The summed E-state index contributed by atoms with van der Waals surface area (Å²) in [7, 11) is 0. The van der Waals surface area contributed by atoms with Crippen molar-refractivity contribution < 1.29 is 9.53 Å². The lowest BCUT2D eigenvalue weighted by molar-refractivity contribution is -0.131. The maximum Gasteiger partial charge on any atom is 0.223 e. The number of hydrogen-bond acceptors (Lipinski definition) is 3. The molecule has 1 atom stereocenters. The summed E-state index contributed by atoms with van der Waals surface area (Å²) in [6.45, 7) is 12.4.